The van der Waals surface area contributed by atoms with Crippen molar-refractivity contribution >= 4 is 46.0 Å². The van der Waals surface area contributed by atoms with Crippen LogP contribution in [0.5, 0.6) is 0 Å². The molecule has 1 aromatic carbocycles. The second-order valence-electron chi connectivity index (χ2n) is 12.0. The molecule has 0 saturated heterocycles. The standard InChI is InChI=1S/C34H30F3N5OS2/c1-19(2)21-8-10-22(11-9-21)26-17-29(34(35,36)37)41-30(38-26)18-27(39-41)33(43)42-32(28-7-5-13-45-28)25-15-20(3)14-23(31(25)40-42)16-24-6-4-12-44-24/h4-13,16-20,25,32H,14-15H2,1-3H3/b23-16-. The normalized spacial score (nSPS) is 21.1. The van der Waals surface area contributed by atoms with Crippen molar-refractivity contribution < 1.29 is 18.0 Å². The maximum atomic E-state index is 14.4. The number of rotatable bonds is 5. The minimum absolute atomic E-state index is 0.0381. The van der Waals surface area contributed by atoms with E-state index < -0.39 is 17.8 Å². The van der Waals surface area contributed by atoms with Gasteiger partial charge in [-0.3, -0.25) is 4.79 Å². The molecule has 0 N–H and O–H groups in total. The molecule has 0 spiro atoms. The molecule has 1 saturated carbocycles. The molecule has 1 fully saturated rings. The molecule has 5 aromatic rings. The van der Waals surface area contributed by atoms with E-state index in [9.17, 15) is 18.0 Å². The molecule has 45 heavy (non-hydrogen) atoms. The van der Waals surface area contributed by atoms with Gasteiger partial charge >= 0.3 is 6.18 Å². The fourth-order valence-corrected chi connectivity index (χ4v) is 7.88. The fraction of sp³-hybridized carbons (Fsp3) is 0.294. The summed E-state index contributed by atoms with van der Waals surface area (Å²) < 4.78 is 43.8. The molecule has 0 bridgehead atoms. The van der Waals surface area contributed by atoms with Gasteiger partial charge in [-0.25, -0.2) is 14.5 Å². The summed E-state index contributed by atoms with van der Waals surface area (Å²) in [5.74, 6) is 0.0632. The van der Waals surface area contributed by atoms with Crippen molar-refractivity contribution in [2.75, 3.05) is 0 Å². The van der Waals surface area contributed by atoms with Crippen LogP contribution < -0.4 is 0 Å². The molecule has 230 valence electrons. The van der Waals surface area contributed by atoms with Gasteiger partial charge < -0.3 is 0 Å². The molecule has 1 aliphatic carbocycles. The van der Waals surface area contributed by atoms with E-state index in [1.807, 2.05) is 41.1 Å². The Kier molecular flexibility index (Phi) is 7.48. The lowest BCUT2D eigenvalue weighted by atomic mass is 9.74. The minimum Gasteiger partial charge on any atom is -0.265 e. The Morgan fingerprint density at radius 3 is 2.47 bits per heavy atom. The maximum Gasteiger partial charge on any atom is 0.433 e. The summed E-state index contributed by atoms with van der Waals surface area (Å²) in [7, 11) is 0. The molecule has 7 rings (SSSR count). The van der Waals surface area contributed by atoms with Crippen LogP contribution in [0, 0.1) is 11.8 Å². The van der Waals surface area contributed by atoms with Gasteiger partial charge in [0.25, 0.3) is 5.91 Å². The first-order valence-corrected chi connectivity index (χ1v) is 16.6. The Hall–Kier alpha value is -4.09. The summed E-state index contributed by atoms with van der Waals surface area (Å²) in [4.78, 5) is 20.8. The van der Waals surface area contributed by atoms with Gasteiger partial charge in [0.15, 0.2) is 17.0 Å². The van der Waals surface area contributed by atoms with Gasteiger partial charge in [0, 0.05) is 27.3 Å². The average Bonchev–Trinajstić information content (AvgIpc) is 3.82. The van der Waals surface area contributed by atoms with Crippen molar-refractivity contribution in [3.63, 3.8) is 0 Å². The van der Waals surface area contributed by atoms with Gasteiger partial charge in [-0.2, -0.15) is 23.4 Å². The summed E-state index contributed by atoms with van der Waals surface area (Å²) in [5.41, 5.74) is 2.53. The molecule has 5 heterocycles. The lowest BCUT2D eigenvalue weighted by molar-refractivity contribution is -0.142. The maximum absolute atomic E-state index is 14.4. The number of fused-ring (bicyclic) bond motifs is 2. The first-order valence-electron chi connectivity index (χ1n) is 14.8. The number of hydrogen-bond acceptors (Lipinski definition) is 6. The first-order chi connectivity index (χ1) is 21.6. The number of amides is 1. The van der Waals surface area contributed by atoms with Crippen molar-refractivity contribution in [3.8, 4) is 11.3 Å². The molecule has 4 aromatic heterocycles. The van der Waals surface area contributed by atoms with Crippen LogP contribution in [0.2, 0.25) is 0 Å². The predicted octanol–water partition coefficient (Wildman–Crippen LogP) is 9.34. The number of carbonyl (C=O) groups excluding carboxylic acids is 1. The van der Waals surface area contributed by atoms with Crippen molar-refractivity contribution in [2.45, 2.75) is 51.7 Å². The van der Waals surface area contributed by atoms with Crippen molar-refractivity contribution in [1.29, 1.82) is 0 Å². The minimum atomic E-state index is -4.72. The highest BCUT2D eigenvalue weighted by Gasteiger charge is 2.46. The average molecular weight is 646 g/mol. The van der Waals surface area contributed by atoms with Crippen molar-refractivity contribution in [1.82, 2.24) is 19.6 Å². The summed E-state index contributed by atoms with van der Waals surface area (Å²) >= 11 is 3.18. The zero-order valence-electron chi connectivity index (χ0n) is 24.8. The number of hydrazone groups is 1. The van der Waals surface area contributed by atoms with E-state index in [0.29, 0.717) is 11.5 Å². The number of carbonyl (C=O) groups is 1. The molecule has 0 radical (unpaired) electrons. The highest BCUT2D eigenvalue weighted by molar-refractivity contribution is 7.11. The molecule has 2 aliphatic rings. The van der Waals surface area contributed by atoms with Gasteiger partial charge in [-0.15, -0.1) is 22.7 Å². The Morgan fingerprint density at radius 1 is 1.04 bits per heavy atom. The van der Waals surface area contributed by atoms with Gasteiger partial charge in [0.05, 0.1) is 17.4 Å². The monoisotopic (exact) mass is 645 g/mol. The molecule has 11 heteroatoms. The van der Waals surface area contributed by atoms with E-state index in [4.69, 9.17) is 5.10 Å². The Labute approximate surface area is 266 Å². The molecule has 3 unspecified atom stereocenters. The molecular weight excluding hydrogens is 616 g/mol. The van der Waals surface area contributed by atoms with E-state index in [1.165, 1.54) is 11.1 Å². The van der Waals surface area contributed by atoms with Gasteiger partial charge in [0.1, 0.15) is 0 Å². The van der Waals surface area contributed by atoms with Crippen LogP contribution in [0.25, 0.3) is 23.0 Å². The van der Waals surface area contributed by atoms with Gasteiger partial charge in [0.2, 0.25) is 0 Å². The van der Waals surface area contributed by atoms with E-state index in [0.717, 1.165) is 50.0 Å². The summed E-state index contributed by atoms with van der Waals surface area (Å²) in [6.45, 7) is 6.31. The molecule has 1 aliphatic heterocycles. The fourth-order valence-electron chi connectivity index (χ4n) is 6.33. The molecule has 1 amide bonds. The van der Waals surface area contributed by atoms with E-state index in [2.05, 4.69) is 43.0 Å². The number of hydrogen-bond donors (Lipinski definition) is 0. The van der Waals surface area contributed by atoms with Crippen molar-refractivity contribution in [3.05, 3.63) is 104 Å². The number of thiophene rings is 2. The number of benzene rings is 1. The molecule has 3 atom stereocenters. The second kappa shape index (κ2) is 11.4. The zero-order valence-corrected chi connectivity index (χ0v) is 26.5. The highest BCUT2D eigenvalue weighted by Crippen LogP contribution is 2.47. The number of allylic oxidation sites excluding steroid dienone is 1. The SMILES string of the molecule is CC1C/C(=C/c2cccs2)C2=NN(C(=O)c3cc4nc(-c5ccc(C(C)C)cc5)cc(C(F)(F)F)n4n3)C(c3cccs3)C2C1. The number of nitrogens with zero attached hydrogens (tertiary/aromatic N) is 5. The van der Waals surface area contributed by atoms with Crippen LogP contribution in [0.1, 0.15) is 77.1 Å². The summed E-state index contributed by atoms with van der Waals surface area (Å²) in [6.07, 6.45) is -0.900. The zero-order chi connectivity index (χ0) is 31.5. The Balaban J connectivity index is 1.32. The van der Waals surface area contributed by atoms with Crippen LogP contribution in [0.4, 0.5) is 13.2 Å². The lowest BCUT2D eigenvalue weighted by Gasteiger charge is -2.31. The van der Waals surface area contributed by atoms with E-state index >= 15 is 0 Å². The van der Waals surface area contributed by atoms with Crippen LogP contribution in [0.15, 0.2) is 82.1 Å². The molecular formula is C34H30F3N5OS2. The molecule has 6 nitrogen and oxygen atoms in total. The highest BCUT2D eigenvalue weighted by atomic mass is 32.1. The van der Waals surface area contributed by atoms with Crippen LogP contribution >= 0.6 is 22.7 Å². The smallest absolute Gasteiger partial charge is 0.265 e. The van der Waals surface area contributed by atoms with Crippen molar-refractivity contribution in [2.24, 2.45) is 16.9 Å². The second-order valence-corrected chi connectivity index (χ2v) is 14.0. The van der Waals surface area contributed by atoms with Crippen LogP contribution in [0.3, 0.4) is 0 Å². The van der Waals surface area contributed by atoms with E-state index in [1.54, 1.807) is 34.8 Å². The summed E-state index contributed by atoms with van der Waals surface area (Å²) in [5, 5.41) is 14.5. The predicted molar refractivity (Wildman–Crippen MR) is 172 cm³/mol. The number of halogens is 3. The largest absolute Gasteiger partial charge is 0.433 e. The van der Waals surface area contributed by atoms with Gasteiger partial charge in [-0.1, -0.05) is 57.2 Å². The Bertz CT molecular complexity index is 1920. The van der Waals surface area contributed by atoms with Gasteiger partial charge in [-0.05, 0) is 70.8 Å². The summed E-state index contributed by atoms with van der Waals surface area (Å²) in [6, 6.07) is 17.2. The first kappa shape index (κ1) is 29.6. The third-order valence-electron chi connectivity index (χ3n) is 8.48. The van der Waals surface area contributed by atoms with Crippen LogP contribution in [-0.4, -0.2) is 31.2 Å². The van der Waals surface area contributed by atoms with E-state index in [-0.39, 0.29) is 34.9 Å². The lowest BCUT2D eigenvalue weighted by Crippen LogP contribution is -2.33. The third kappa shape index (κ3) is 5.52. The Morgan fingerprint density at radius 2 is 1.80 bits per heavy atom. The quantitative estimate of drug-likeness (QED) is 0.191. The van der Waals surface area contributed by atoms with Crippen LogP contribution in [-0.2, 0) is 6.18 Å². The third-order valence-corrected chi connectivity index (χ3v) is 10.2. The number of aromatic nitrogens is 3. The number of alkyl halides is 3. The topological polar surface area (TPSA) is 62.9 Å².